The number of rotatable bonds is 5. The highest BCUT2D eigenvalue weighted by Crippen LogP contribution is 2.23. The summed E-state index contributed by atoms with van der Waals surface area (Å²) >= 11 is 0. The molecular formula is C25H34FN3O6. The Labute approximate surface area is 205 Å². The molecule has 2 aromatic rings. The van der Waals surface area contributed by atoms with Crippen molar-refractivity contribution in [3.8, 4) is 0 Å². The van der Waals surface area contributed by atoms with Crippen molar-refractivity contribution in [1.82, 2.24) is 0 Å². The summed E-state index contributed by atoms with van der Waals surface area (Å²) in [7, 11) is 3.56. The van der Waals surface area contributed by atoms with Crippen molar-refractivity contribution in [1.29, 1.82) is 0 Å². The van der Waals surface area contributed by atoms with Gasteiger partial charge in [-0.1, -0.05) is 19.3 Å². The Morgan fingerprint density at radius 1 is 0.743 bits per heavy atom. The Morgan fingerprint density at radius 3 is 1.57 bits per heavy atom. The van der Waals surface area contributed by atoms with Gasteiger partial charge in [-0.25, -0.2) is 4.39 Å². The second-order valence-corrected chi connectivity index (χ2v) is 8.42. The van der Waals surface area contributed by atoms with E-state index in [9.17, 15) is 24.6 Å². The van der Waals surface area contributed by atoms with Crippen LogP contribution in [0, 0.1) is 26.0 Å². The number of halogens is 1. The second-order valence-electron chi connectivity index (χ2n) is 8.42. The first kappa shape index (κ1) is 28.1. The minimum atomic E-state index is -0.570. The van der Waals surface area contributed by atoms with Crippen LogP contribution in [0.3, 0.4) is 0 Å². The Morgan fingerprint density at radius 2 is 1.17 bits per heavy atom. The summed E-state index contributed by atoms with van der Waals surface area (Å²) in [5.74, 6) is -0.467. The van der Waals surface area contributed by atoms with E-state index >= 15 is 0 Å². The summed E-state index contributed by atoms with van der Waals surface area (Å²) in [5.41, 5.74) is 1.09. The van der Waals surface area contributed by atoms with Crippen LogP contribution in [0.2, 0.25) is 0 Å². The van der Waals surface area contributed by atoms with Crippen LogP contribution in [0.5, 0.6) is 0 Å². The number of non-ortho nitro benzene ring substituents is 2. The fourth-order valence-corrected chi connectivity index (χ4v) is 4.00. The monoisotopic (exact) mass is 491 g/mol. The lowest BCUT2D eigenvalue weighted by atomic mass is 9.98. The van der Waals surface area contributed by atoms with Gasteiger partial charge < -0.3 is 14.4 Å². The second kappa shape index (κ2) is 15.0. The van der Waals surface area contributed by atoms with E-state index in [1.165, 1.54) is 32.1 Å². The summed E-state index contributed by atoms with van der Waals surface area (Å²) in [6.45, 7) is 1.88. The number of nitro benzene ring substituents is 2. The molecule has 0 radical (unpaired) electrons. The van der Waals surface area contributed by atoms with Crippen molar-refractivity contribution in [2.45, 2.75) is 57.2 Å². The number of benzene rings is 2. The largest absolute Gasteiger partial charge is 0.381 e. The molecule has 0 amide bonds. The zero-order valence-corrected chi connectivity index (χ0v) is 20.3. The first-order chi connectivity index (χ1) is 16.8. The van der Waals surface area contributed by atoms with Crippen LogP contribution in [0.4, 0.5) is 21.5 Å². The van der Waals surface area contributed by atoms with Crippen LogP contribution in [-0.2, 0) is 9.47 Å². The van der Waals surface area contributed by atoms with Crippen LogP contribution in [0.1, 0.15) is 44.9 Å². The van der Waals surface area contributed by atoms with E-state index in [2.05, 4.69) is 4.90 Å². The van der Waals surface area contributed by atoms with Gasteiger partial charge in [0, 0.05) is 57.3 Å². The fraction of sp³-hybridized carbons (Fsp3) is 0.520. The molecule has 9 nitrogen and oxygen atoms in total. The number of methoxy groups -OCH3 is 2. The zero-order valence-electron chi connectivity index (χ0n) is 20.3. The van der Waals surface area contributed by atoms with Crippen molar-refractivity contribution in [3.05, 3.63) is 74.6 Å². The Bertz CT molecular complexity index is 896. The highest BCUT2D eigenvalue weighted by atomic mass is 19.1. The van der Waals surface area contributed by atoms with Crippen molar-refractivity contribution in [2.75, 3.05) is 32.2 Å². The molecule has 0 N–H and O–H groups in total. The summed E-state index contributed by atoms with van der Waals surface area (Å²) in [4.78, 5) is 21.8. The Balaban J connectivity index is 0.000000204. The molecule has 1 saturated carbocycles. The van der Waals surface area contributed by atoms with Gasteiger partial charge in [-0.3, -0.25) is 20.2 Å². The lowest BCUT2D eigenvalue weighted by Gasteiger charge is -2.32. The van der Waals surface area contributed by atoms with E-state index in [0.717, 1.165) is 55.9 Å². The third kappa shape index (κ3) is 9.96. The molecule has 10 heteroatoms. The third-order valence-electron chi connectivity index (χ3n) is 6.12. The van der Waals surface area contributed by atoms with Crippen LogP contribution in [0.25, 0.3) is 0 Å². The number of nitro groups is 2. The first-order valence-electron chi connectivity index (χ1n) is 11.8. The number of ether oxygens (including phenoxy) is 2. The van der Waals surface area contributed by atoms with Crippen LogP contribution in [0.15, 0.2) is 48.5 Å². The van der Waals surface area contributed by atoms with Crippen molar-refractivity contribution in [3.63, 3.8) is 0 Å². The van der Waals surface area contributed by atoms with E-state index in [4.69, 9.17) is 9.47 Å². The lowest BCUT2D eigenvalue weighted by Crippen LogP contribution is -2.36. The third-order valence-corrected chi connectivity index (χ3v) is 6.12. The first-order valence-corrected chi connectivity index (χ1v) is 11.8. The van der Waals surface area contributed by atoms with E-state index in [1.54, 1.807) is 19.2 Å². The number of hydrogen-bond acceptors (Lipinski definition) is 7. The molecule has 2 fully saturated rings. The molecule has 0 aromatic heterocycles. The van der Waals surface area contributed by atoms with E-state index < -0.39 is 10.7 Å². The lowest BCUT2D eigenvalue weighted by molar-refractivity contribution is -0.385. The van der Waals surface area contributed by atoms with Gasteiger partial charge in [0.1, 0.15) is 5.82 Å². The SMILES string of the molecule is COC1CCCCC1.COC1CCN(c2ccc([N+](=O)[O-])cc2)CC1.O=[N+]([O-])c1ccc(F)cc1. The molecule has 0 atom stereocenters. The van der Waals surface area contributed by atoms with Gasteiger partial charge in [-0.05, 0) is 49.9 Å². The molecule has 192 valence electrons. The topological polar surface area (TPSA) is 108 Å². The fourth-order valence-electron chi connectivity index (χ4n) is 4.00. The molecular weight excluding hydrogens is 457 g/mol. The minimum absolute atomic E-state index is 0.0959. The number of hydrogen-bond donors (Lipinski definition) is 0. The molecule has 0 unspecified atom stereocenters. The smallest absolute Gasteiger partial charge is 0.269 e. The molecule has 1 aliphatic heterocycles. The van der Waals surface area contributed by atoms with Crippen LogP contribution < -0.4 is 4.90 Å². The maximum atomic E-state index is 12.1. The average Bonchev–Trinajstić information content (AvgIpc) is 2.90. The molecule has 2 aliphatic rings. The van der Waals surface area contributed by atoms with E-state index in [-0.39, 0.29) is 16.3 Å². The quantitative estimate of drug-likeness (QED) is 0.378. The van der Waals surface area contributed by atoms with Crippen molar-refractivity contribution in [2.24, 2.45) is 0 Å². The normalized spacial score (nSPS) is 16.4. The van der Waals surface area contributed by atoms with Crippen LogP contribution in [-0.4, -0.2) is 49.4 Å². The Kier molecular flexibility index (Phi) is 12.1. The molecule has 0 spiro atoms. The van der Waals surface area contributed by atoms with Gasteiger partial charge in [-0.15, -0.1) is 0 Å². The molecule has 4 rings (SSSR count). The number of nitrogens with zero attached hydrogens (tertiary/aromatic N) is 3. The maximum absolute atomic E-state index is 12.1. The van der Waals surface area contributed by atoms with E-state index in [0.29, 0.717) is 12.2 Å². The number of anilines is 1. The predicted octanol–water partition coefficient (Wildman–Crippen LogP) is 5.91. The highest BCUT2D eigenvalue weighted by Gasteiger charge is 2.19. The maximum Gasteiger partial charge on any atom is 0.269 e. The number of piperidine rings is 1. The van der Waals surface area contributed by atoms with Gasteiger partial charge in [0.25, 0.3) is 11.4 Å². The van der Waals surface area contributed by atoms with E-state index in [1.807, 2.05) is 19.2 Å². The molecule has 35 heavy (non-hydrogen) atoms. The molecule has 1 heterocycles. The van der Waals surface area contributed by atoms with Gasteiger partial charge in [0.15, 0.2) is 0 Å². The van der Waals surface area contributed by atoms with Gasteiger partial charge >= 0.3 is 0 Å². The minimum Gasteiger partial charge on any atom is -0.381 e. The highest BCUT2D eigenvalue weighted by molar-refractivity contribution is 5.51. The molecule has 1 saturated heterocycles. The van der Waals surface area contributed by atoms with Crippen molar-refractivity contribution >= 4 is 17.1 Å². The summed E-state index contributed by atoms with van der Waals surface area (Å²) in [6, 6.07) is 11.1. The van der Waals surface area contributed by atoms with Crippen LogP contribution >= 0.6 is 0 Å². The summed E-state index contributed by atoms with van der Waals surface area (Å²) in [6.07, 6.45) is 9.69. The zero-order chi connectivity index (χ0) is 25.6. The van der Waals surface area contributed by atoms with Crippen molar-refractivity contribution < 1.29 is 23.7 Å². The van der Waals surface area contributed by atoms with Gasteiger partial charge in [-0.2, -0.15) is 0 Å². The predicted molar refractivity (Wildman–Crippen MR) is 132 cm³/mol. The Hall–Kier alpha value is -3.11. The standard InChI is InChI=1S/C12H16N2O3.C7H14O.C6H4FNO2/c1-17-12-6-8-13(9-7-12)10-2-4-11(5-3-10)14(15)16;1-8-7-5-3-2-4-6-7;7-5-1-3-6(4-2-5)8(9)10/h2-5,12H,6-9H2,1H3;7H,2-6H2,1H3;1-4H. The molecule has 2 aromatic carbocycles. The van der Waals surface area contributed by atoms with Gasteiger partial charge in [0.05, 0.1) is 22.1 Å². The average molecular weight is 492 g/mol. The molecule has 0 bridgehead atoms. The molecule has 1 aliphatic carbocycles. The van der Waals surface area contributed by atoms with Gasteiger partial charge in [0.2, 0.25) is 0 Å². The summed E-state index contributed by atoms with van der Waals surface area (Å²) in [5, 5.41) is 20.5. The summed E-state index contributed by atoms with van der Waals surface area (Å²) < 4.78 is 22.6.